The van der Waals surface area contributed by atoms with Crippen molar-refractivity contribution in [3.8, 4) is 0 Å². The third kappa shape index (κ3) is 3.19. The van der Waals surface area contributed by atoms with Gasteiger partial charge in [0.2, 0.25) is 5.91 Å². The molecule has 2 fully saturated rings. The summed E-state index contributed by atoms with van der Waals surface area (Å²) in [6.45, 7) is 5.00. The highest BCUT2D eigenvalue weighted by Crippen LogP contribution is 2.12. The van der Waals surface area contributed by atoms with Crippen molar-refractivity contribution in [2.45, 2.75) is 31.7 Å². The van der Waals surface area contributed by atoms with Crippen molar-refractivity contribution < 1.29 is 4.79 Å². The molecule has 2 aliphatic rings. The van der Waals surface area contributed by atoms with Gasteiger partial charge < -0.3 is 15.1 Å². The van der Waals surface area contributed by atoms with Gasteiger partial charge in [-0.2, -0.15) is 0 Å². The minimum absolute atomic E-state index is 0.349. The van der Waals surface area contributed by atoms with Gasteiger partial charge in [0.15, 0.2) is 0 Å². The molecule has 0 spiro atoms. The third-order valence-electron chi connectivity index (χ3n) is 3.73. The Morgan fingerprint density at radius 1 is 1.31 bits per heavy atom. The Labute approximate surface area is 98.0 Å². The summed E-state index contributed by atoms with van der Waals surface area (Å²) in [6.07, 6.45) is 4.26. The van der Waals surface area contributed by atoms with Gasteiger partial charge in [0, 0.05) is 38.6 Å². The molecule has 92 valence electrons. The van der Waals surface area contributed by atoms with Crippen molar-refractivity contribution in [3.63, 3.8) is 0 Å². The highest BCUT2D eigenvalue weighted by Gasteiger charge is 2.21. The Morgan fingerprint density at radius 3 is 2.69 bits per heavy atom. The van der Waals surface area contributed by atoms with Gasteiger partial charge in [-0.1, -0.05) is 0 Å². The Kier molecular flexibility index (Phi) is 4.18. The molecule has 0 radical (unpaired) electrons. The fraction of sp³-hybridized carbons (Fsp3) is 0.917. The number of nitrogens with one attached hydrogen (secondary N) is 1. The number of hydrogen-bond donors (Lipinski definition) is 1. The molecule has 16 heavy (non-hydrogen) atoms. The van der Waals surface area contributed by atoms with Crippen molar-refractivity contribution in [3.05, 3.63) is 0 Å². The maximum atomic E-state index is 11.9. The Balaban J connectivity index is 1.67. The van der Waals surface area contributed by atoms with Crippen molar-refractivity contribution in [2.75, 3.05) is 39.8 Å². The van der Waals surface area contributed by atoms with E-state index >= 15 is 0 Å². The summed E-state index contributed by atoms with van der Waals surface area (Å²) in [5, 5.41) is 3.44. The lowest BCUT2D eigenvalue weighted by Crippen LogP contribution is -2.47. The SMILES string of the molecule is CN1CCN(C(=O)CCC2CCCN2)CC1. The molecule has 0 bridgehead atoms. The fourth-order valence-corrected chi connectivity index (χ4v) is 2.51. The molecule has 4 nitrogen and oxygen atoms in total. The molecule has 1 unspecified atom stereocenters. The molecule has 0 aromatic rings. The molecule has 1 amide bonds. The van der Waals surface area contributed by atoms with E-state index in [1.54, 1.807) is 0 Å². The van der Waals surface area contributed by atoms with Gasteiger partial charge in [0.05, 0.1) is 0 Å². The minimum Gasteiger partial charge on any atom is -0.340 e. The van der Waals surface area contributed by atoms with Gasteiger partial charge in [-0.05, 0) is 32.9 Å². The second-order valence-electron chi connectivity index (χ2n) is 5.02. The predicted octanol–water partition coefficient (Wildman–Crippen LogP) is 0.293. The third-order valence-corrected chi connectivity index (χ3v) is 3.73. The van der Waals surface area contributed by atoms with E-state index < -0.39 is 0 Å². The minimum atomic E-state index is 0.349. The number of piperazine rings is 1. The highest BCUT2D eigenvalue weighted by molar-refractivity contribution is 5.76. The van der Waals surface area contributed by atoms with E-state index in [1.807, 2.05) is 4.90 Å². The summed E-state index contributed by atoms with van der Waals surface area (Å²) < 4.78 is 0. The van der Waals surface area contributed by atoms with Gasteiger partial charge >= 0.3 is 0 Å². The van der Waals surface area contributed by atoms with Crippen molar-refractivity contribution in [1.82, 2.24) is 15.1 Å². The molecule has 1 N–H and O–H groups in total. The summed E-state index contributed by atoms with van der Waals surface area (Å²) in [5.41, 5.74) is 0. The number of carbonyl (C=O) groups is 1. The van der Waals surface area contributed by atoms with Gasteiger partial charge in [0.1, 0.15) is 0 Å². The van der Waals surface area contributed by atoms with Crippen LogP contribution in [-0.4, -0.2) is 61.5 Å². The van der Waals surface area contributed by atoms with E-state index in [0.29, 0.717) is 11.9 Å². The van der Waals surface area contributed by atoms with Crippen LogP contribution in [-0.2, 0) is 4.79 Å². The van der Waals surface area contributed by atoms with Gasteiger partial charge in [-0.3, -0.25) is 4.79 Å². The Morgan fingerprint density at radius 2 is 2.06 bits per heavy atom. The zero-order valence-electron chi connectivity index (χ0n) is 10.2. The summed E-state index contributed by atoms with van der Waals surface area (Å²) in [4.78, 5) is 16.2. The van der Waals surface area contributed by atoms with Crippen molar-refractivity contribution in [1.29, 1.82) is 0 Å². The lowest BCUT2D eigenvalue weighted by Gasteiger charge is -2.32. The summed E-state index contributed by atoms with van der Waals surface area (Å²) in [7, 11) is 2.12. The summed E-state index contributed by atoms with van der Waals surface area (Å²) in [6, 6.07) is 0.594. The molecule has 2 saturated heterocycles. The summed E-state index contributed by atoms with van der Waals surface area (Å²) in [5.74, 6) is 0.349. The van der Waals surface area contributed by atoms with Crippen LogP contribution in [0.15, 0.2) is 0 Å². The molecule has 0 aromatic heterocycles. The molecule has 0 saturated carbocycles. The average Bonchev–Trinajstić information content (AvgIpc) is 2.80. The van der Waals surface area contributed by atoms with E-state index in [4.69, 9.17) is 0 Å². The van der Waals surface area contributed by atoms with E-state index in [0.717, 1.165) is 45.6 Å². The first-order chi connectivity index (χ1) is 7.75. The second-order valence-corrected chi connectivity index (χ2v) is 5.02. The number of hydrogen-bond acceptors (Lipinski definition) is 3. The number of likely N-dealkylation sites (N-methyl/N-ethyl adjacent to an activating group) is 1. The second kappa shape index (κ2) is 5.64. The maximum absolute atomic E-state index is 11.9. The molecule has 0 aliphatic carbocycles. The van der Waals surface area contributed by atoms with Crippen LogP contribution in [0.25, 0.3) is 0 Å². The van der Waals surface area contributed by atoms with E-state index in [1.165, 1.54) is 12.8 Å². The van der Waals surface area contributed by atoms with Gasteiger partial charge in [-0.15, -0.1) is 0 Å². The van der Waals surface area contributed by atoms with Crippen LogP contribution in [0.4, 0.5) is 0 Å². The van der Waals surface area contributed by atoms with Crippen LogP contribution in [0.1, 0.15) is 25.7 Å². The topological polar surface area (TPSA) is 35.6 Å². The lowest BCUT2D eigenvalue weighted by molar-refractivity contribution is -0.132. The number of rotatable bonds is 3. The lowest BCUT2D eigenvalue weighted by atomic mass is 10.1. The smallest absolute Gasteiger partial charge is 0.222 e. The van der Waals surface area contributed by atoms with Gasteiger partial charge in [-0.25, -0.2) is 0 Å². The molecule has 2 heterocycles. The number of amides is 1. The van der Waals surface area contributed by atoms with Crippen LogP contribution in [0, 0.1) is 0 Å². The normalized spacial score (nSPS) is 27.3. The molecule has 4 heteroatoms. The number of nitrogens with zero attached hydrogens (tertiary/aromatic N) is 2. The monoisotopic (exact) mass is 225 g/mol. The molecular formula is C12H23N3O. The van der Waals surface area contributed by atoms with E-state index in [2.05, 4.69) is 17.3 Å². The van der Waals surface area contributed by atoms with Crippen LogP contribution in [0.2, 0.25) is 0 Å². The van der Waals surface area contributed by atoms with Crippen molar-refractivity contribution >= 4 is 5.91 Å². The zero-order chi connectivity index (χ0) is 11.4. The van der Waals surface area contributed by atoms with E-state index in [-0.39, 0.29) is 0 Å². The first-order valence-corrected chi connectivity index (χ1v) is 6.45. The highest BCUT2D eigenvalue weighted by atomic mass is 16.2. The van der Waals surface area contributed by atoms with Gasteiger partial charge in [0.25, 0.3) is 0 Å². The summed E-state index contributed by atoms with van der Waals surface area (Å²) >= 11 is 0. The molecule has 1 atom stereocenters. The molecule has 2 rings (SSSR count). The Bertz CT molecular complexity index is 230. The predicted molar refractivity (Wildman–Crippen MR) is 64.3 cm³/mol. The largest absolute Gasteiger partial charge is 0.340 e. The number of carbonyl (C=O) groups excluding carboxylic acids is 1. The van der Waals surface area contributed by atoms with E-state index in [9.17, 15) is 4.79 Å². The first kappa shape index (κ1) is 11.9. The molecule has 0 aromatic carbocycles. The van der Waals surface area contributed by atoms with Crippen LogP contribution < -0.4 is 5.32 Å². The van der Waals surface area contributed by atoms with Crippen LogP contribution in [0.3, 0.4) is 0 Å². The fourth-order valence-electron chi connectivity index (χ4n) is 2.51. The molecule has 2 aliphatic heterocycles. The Hall–Kier alpha value is -0.610. The quantitative estimate of drug-likeness (QED) is 0.750. The first-order valence-electron chi connectivity index (χ1n) is 6.45. The van der Waals surface area contributed by atoms with Crippen molar-refractivity contribution in [2.24, 2.45) is 0 Å². The standard InChI is InChI=1S/C12H23N3O/c1-14-7-9-15(10-8-14)12(16)5-4-11-3-2-6-13-11/h11,13H,2-10H2,1H3. The molecular weight excluding hydrogens is 202 g/mol. The van der Waals surface area contributed by atoms with Crippen LogP contribution in [0.5, 0.6) is 0 Å². The zero-order valence-corrected chi connectivity index (χ0v) is 10.2. The average molecular weight is 225 g/mol. The maximum Gasteiger partial charge on any atom is 0.222 e. The van der Waals surface area contributed by atoms with Crippen LogP contribution >= 0.6 is 0 Å².